The normalized spacial score (nSPS) is 20.7. The molecule has 11 heteroatoms. The Morgan fingerprint density at radius 3 is 2.63 bits per heavy atom. The molecule has 1 N–H and O–H groups in total. The van der Waals surface area contributed by atoms with Gasteiger partial charge in [0.25, 0.3) is 0 Å². The highest BCUT2D eigenvalue weighted by atomic mass is 32.2. The van der Waals surface area contributed by atoms with Gasteiger partial charge in [-0.1, -0.05) is 0 Å². The van der Waals surface area contributed by atoms with E-state index < -0.39 is 10.0 Å². The van der Waals surface area contributed by atoms with Gasteiger partial charge in [-0.2, -0.15) is 0 Å². The van der Waals surface area contributed by atoms with Crippen LogP contribution in [0.2, 0.25) is 0 Å². The van der Waals surface area contributed by atoms with Crippen molar-refractivity contribution in [1.82, 2.24) is 34.1 Å². The summed E-state index contributed by atoms with van der Waals surface area (Å²) in [6, 6.07) is 2.48. The number of hydrogen-bond acceptors (Lipinski definition) is 8. The fraction of sp³-hybridized carbons (Fsp3) is 0.583. The maximum atomic E-state index is 12.2. The largest absolute Gasteiger partial charge is 0.345 e. The van der Waals surface area contributed by atoms with Crippen LogP contribution in [-0.2, 0) is 16.4 Å². The molecule has 1 atom stereocenters. The molecule has 0 unspecified atom stereocenters. The first kappa shape index (κ1) is 24.1. The summed E-state index contributed by atoms with van der Waals surface area (Å²) < 4.78 is 25.9. The zero-order chi connectivity index (χ0) is 24.6. The van der Waals surface area contributed by atoms with Crippen molar-refractivity contribution in [3.63, 3.8) is 0 Å². The molecule has 0 radical (unpaired) electrons. The summed E-state index contributed by atoms with van der Waals surface area (Å²) in [4.78, 5) is 26.7. The van der Waals surface area contributed by atoms with Crippen molar-refractivity contribution in [2.75, 3.05) is 51.4 Å². The van der Waals surface area contributed by atoms with Gasteiger partial charge in [0.15, 0.2) is 5.65 Å². The number of nitrogens with one attached hydrogen (secondary N) is 1. The highest BCUT2D eigenvalue weighted by molar-refractivity contribution is 7.88. The summed E-state index contributed by atoms with van der Waals surface area (Å²) in [5.74, 6) is 0.941. The van der Waals surface area contributed by atoms with Gasteiger partial charge in [0, 0.05) is 50.2 Å². The molecule has 3 aromatic rings. The number of aromatic nitrogens is 5. The van der Waals surface area contributed by atoms with Crippen molar-refractivity contribution in [2.24, 2.45) is 5.92 Å². The zero-order valence-electron chi connectivity index (χ0n) is 20.7. The fourth-order valence-electron chi connectivity index (χ4n) is 5.24. The molecule has 188 valence electrons. The lowest BCUT2D eigenvalue weighted by atomic mass is 9.92. The Labute approximate surface area is 206 Å². The quantitative estimate of drug-likeness (QED) is 0.550. The molecule has 0 saturated carbocycles. The van der Waals surface area contributed by atoms with Crippen LogP contribution in [0, 0.1) is 5.92 Å². The van der Waals surface area contributed by atoms with E-state index in [-0.39, 0.29) is 5.92 Å². The number of anilines is 1. The topological polar surface area (TPSA) is 111 Å². The molecule has 0 spiro atoms. The highest BCUT2D eigenvalue weighted by Crippen LogP contribution is 2.29. The molecule has 35 heavy (non-hydrogen) atoms. The maximum absolute atomic E-state index is 12.2. The third kappa shape index (κ3) is 5.31. The number of hydrogen-bond donors (Lipinski definition) is 1. The van der Waals surface area contributed by atoms with E-state index in [2.05, 4.69) is 33.9 Å². The number of piperidine rings is 2. The van der Waals surface area contributed by atoms with Crippen LogP contribution in [0.5, 0.6) is 0 Å². The molecule has 0 aliphatic carbocycles. The van der Waals surface area contributed by atoms with E-state index in [1.165, 1.54) is 6.26 Å². The van der Waals surface area contributed by atoms with Gasteiger partial charge in [0.05, 0.1) is 23.8 Å². The number of sulfonamides is 1. The molecule has 0 amide bonds. The first-order valence-electron chi connectivity index (χ1n) is 12.3. The Balaban J connectivity index is 1.45. The van der Waals surface area contributed by atoms with Crippen LogP contribution in [0.25, 0.3) is 22.4 Å². The minimum Gasteiger partial charge on any atom is -0.345 e. The number of rotatable bonds is 6. The molecule has 10 nitrogen and oxygen atoms in total. The summed E-state index contributed by atoms with van der Waals surface area (Å²) >= 11 is 0. The van der Waals surface area contributed by atoms with Crippen molar-refractivity contribution in [3.8, 4) is 11.3 Å². The second kappa shape index (κ2) is 9.79. The van der Waals surface area contributed by atoms with Crippen molar-refractivity contribution in [3.05, 3.63) is 30.4 Å². The molecule has 3 aromatic heterocycles. The average molecular weight is 499 g/mol. The van der Waals surface area contributed by atoms with Crippen molar-refractivity contribution in [2.45, 2.75) is 38.1 Å². The number of nitrogens with zero attached hydrogens (tertiary/aromatic N) is 7. The van der Waals surface area contributed by atoms with Crippen LogP contribution in [0.1, 0.15) is 31.4 Å². The van der Waals surface area contributed by atoms with Gasteiger partial charge >= 0.3 is 0 Å². The molecule has 0 bridgehead atoms. The molecule has 2 aliphatic rings. The van der Waals surface area contributed by atoms with E-state index in [4.69, 9.17) is 15.0 Å². The molecule has 2 saturated heterocycles. The van der Waals surface area contributed by atoms with Crippen molar-refractivity contribution < 1.29 is 8.42 Å². The minimum absolute atomic E-state index is 0.198. The summed E-state index contributed by atoms with van der Waals surface area (Å²) in [5.41, 5.74) is 4.05. The lowest BCUT2D eigenvalue weighted by Gasteiger charge is -2.35. The lowest BCUT2D eigenvalue weighted by Crippen LogP contribution is -2.42. The van der Waals surface area contributed by atoms with Crippen LogP contribution in [0.3, 0.4) is 0 Å². The molecule has 0 aromatic carbocycles. The van der Waals surface area contributed by atoms with Crippen molar-refractivity contribution in [1.29, 1.82) is 0 Å². The average Bonchev–Trinajstić information content (AvgIpc) is 3.32. The van der Waals surface area contributed by atoms with E-state index in [1.807, 2.05) is 18.5 Å². The Kier molecular flexibility index (Phi) is 6.73. The standard InChI is InChI=1S/C24H34N8O2S/c1-30(2)18-7-11-31(12-8-18)24-27-14-19(22-15-26-23-20(28-22)6-9-25-23)21(29-24)13-17-5-4-10-32(16-17)35(3,33)34/h6,9,14-15,17-18H,4-5,7-8,10-13,16H2,1-3H3,(H,25,26)/t17-/m1/s1. The smallest absolute Gasteiger partial charge is 0.225 e. The Hall–Kier alpha value is -2.63. The van der Waals surface area contributed by atoms with Crippen LogP contribution in [0.15, 0.2) is 24.7 Å². The van der Waals surface area contributed by atoms with Crippen LogP contribution in [-0.4, -0.2) is 95.1 Å². The monoisotopic (exact) mass is 498 g/mol. The predicted octanol–water partition coefficient (Wildman–Crippen LogP) is 2.16. The van der Waals surface area contributed by atoms with Gasteiger partial charge in [0.2, 0.25) is 16.0 Å². The van der Waals surface area contributed by atoms with Crippen LogP contribution >= 0.6 is 0 Å². The Morgan fingerprint density at radius 1 is 1.09 bits per heavy atom. The molecule has 5 heterocycles. The van der Waals surface area contributed by atoms with E-state index in [9.17, 15) is 8.42 Å². The lowest BCUT2D eigenvalue weighted by molar-refractivity contribution is 0.248. The third-order valence-corrected chi connectivity index (χ3v) is 8.57. The SMILES string of the molecule is CN(C)C1CCN(c2ncc(-c3cnc4[nH]ccc4n3)c(C[C@H]3CCCN(S(C)(=O)=O)C3)n2)CC1. The Morgan fingerprint density at radius 2 is 1.89 bits per heavy atom. The summed E-state index contributed by atoms with van der Waals surface area (Å²) in [7, 11) is 1.06. The first-order valence-corrected chi connectivity index (χ1v) is 14.2. The van der Waals surface area contributed by atoms with Crippen LogP contribution in [0.4, 0.5) is 5.95 Å². The second-order valence-electron chi connectivity index (χ2n) is 10.0. The highest BCUT2D eigenvalue weighted by Gasteiger charge is 2.28. The number of aromatic amines is 1. The third-order valence-electron chi connectivity index (χ3n) is 7.30. The number of fused-ring (bicyclic) bond motifs is 1. The van der Waals surface area contributed by atoms with Crippen molar-refractivity contribution >= 4 is 27.1 Å². The summed E-state index contributed by atoms with van der Waals surface area (Å²) in [5, 5.41) is 0. The van der Waals surface area contributed by atoms with E-state index in [0.717, 1.165) is 72.8 Å². The Bertz CT molecular complexity index is 1280. The molecule has 2 aliphatic heterocycles. The van der Waals surface area contributed by atoms with Gasteiger partial charge in [0.1, 0.15) is 5.52 Å². The molecular weight excluding hydrogens is 464 g/mol. The van der Waals surface area contributed by atoms with Gasteiger partial charge in [-0.15, -0.1) is 0 Å². The molecular formula is C24H34N8O2S. The fourth-order valence-corrected chi connectivity index (χ4v) is 6.18. The first-order chi connectivity index (χ1) is 16.8. The molecule has 2 fully saturated rings. The van der Waals surface area contributed by atoms with Gasteiger partial charge in [-0.05, 0) is 58.2 Å². The van der Waals surface area contributed by atoms with Gasteiger partial charge in [-0.25, -0.2) is 32.7 Å². The predicted molar refractivity (Wildman–Crippen MR) is 137 cm³/mol. The summed E-state index contributed by atoms with van der Waals surface area (Å²) in [6.07, 6.45) is 11.4. The van der Waals surface area contributed by atoms with Gasteiger partial charge < -0.3 is 14.8 Å². The van der Waals surface area contributed by atoms with E-state index >= 15 is 0 Å². The van der Waals surface area contributed by atoms with E-state index in [0.29, 0.717) is 25.6 Å². The molecule has 5 rings (SSSR count). The maximum Gasteiger partial charge on any atom is 0.225 e. The second-order valence-corrected chi connectivity index (χ2v) is 12.0. The minimum atomic E-state index is -3.21. The summed E-state index contributed by atoms with van der Waals surface area (Å²) in [6.45, 7) is 2.95. The van der Waals surface area contributed by atoms with E-state index in [1.54, 1.807) is 10.5 Å². The zero-order valence-corrected chi connectivity index (χ0v) is 21.5. The van der Waals surface area contributed by atoms with Gasteiger partial charge in [-0.3, -0.25) is 0 Å². The number of H-pyrrole nitrogens is 1. The van der Waals surface area contributed by atoms with Crippen LogP contribution < -0.4 is 4.90 Å².